The van der Waals surface area contributed by atoms with Crippen LogP contribution >= 0.6 is 11.6 Å². The van der Waals surface area contributed by atoms with Crippen LogP contribution in [0.25, 0.3) is 17.3 Å². The molecule has 17 heteroatoms. The summed E-state index contributed by atoms with van der Waals surface area (Å²) in [5.41, 5.74) is 10.6. The van der Waals surface area contributed by atoms with Gasteiger partial charge in [-0.05, 0) is 99.7 Å². The molecular formula is C42H48ClFN10O5. The van der Waals surface area contributed by atoms with Gasteiger partial charge in [0, 0.05) is 60.0 Å². The van der Waals surface area contributed by atoms with Gasteiger partial charge in [0.25, 0.3) is 0 Å². The highest BCUT2D eigenvalue weighted by atomic mass is 35.5. The molecule has 0 radical (unpaired) electrons. The zero-order valence-corrected chi connectivity index (χ0v) is 34.0. The van der Waals surface area contributed by atoms with Gasteiger partial charge in [-0.2, -0.15) is 5.53 Å². The zero-order valence-electron chi connectivity index (χ0n) is 33.2. The van der Waals surface area contributed by atoms with Crippen molar-refractivity contribution in [2.75, 3.05) is 37.1 Å². The molecule has 2 aliphatic heterocycles. The Balaban J connectivity index is 1.35. The molecule has 1 aromatic heterocycles. The smallest absolute Gasteiger partial charge is 0.411 e. The molecule has 5 N–H and O–H groups in total. The molecule has 0 aliphatic carbocycles. The van der Waals surface area contributed by atoms with Crippen molar-refractivity contribution in [2.24, 2.45) is 5.22 Å². The number of nitrogens with zero attached hydrogens (tertiary/aromatic N) is 5. The van der Waals surface area contributed by atoms with E-state index in [9.17, 15) is 18.8 Å². The highest BCUT2D eigenvalue weighted by Crippen LogP contribution is 2.44. The van der Waals surface area contributed by atoms with Crippen molar-refractivity contribution < 1.29 is 28.2 Å². The van der Waals surface area contributed by atoms with Gasteiger partial charge in [-0.15, -0.1) is 0 Å². The lowest BCUT2D eigenvalue weighted by atomic mass is 9.80. The Kier molecular flexibility index (Phi) is 13.4. The van der Waals surface area contributed by atoms with Crippen molar-refractivity contribution in [3.8, 4) is 11.3 Å². The number of rotatable bonds is 11. The summed E-state index contributed by atoms with van der Waals surface area (Å²) in [5.74, 6) is -0.515. The standard InChI is InChI=1S/C42H48ClFN10O5/c1-42(2,3)59-41(57)49-32-17-19-52(20-18-32)33-22-34(26-5-11-30(44)12-6-26)38(39-47-23-35(50-39)27-7-13-31(14-8-27)48-40(56)58-4)53(24-33)37(55)16-9-28-21-29(43)10-15-36(28)54(25-45)51-46/h5-16,21,23,25,32-34,38,45-46H,17-20,22,24H2,1-4H3,(H,47,50)(H,48,56)(H,49,57). The predicted octanol–water partition coefficient (Wildman–Crippen LogP) is 8.54. The molecule has 59 heavy (non-hydrogen) atoms. The summed E-state index contributed by atoms with van der Waals surface area (Å²) in [4.78, 5) is 51.4. The molecule has 15 nitrogen and oxygen atoms in total. The summed E-state index contributed by atoms with van der Waals surface area (Å²) in [5, 5.41) is 18.2. The van der Waals surface area contributed by atoms with Crippen LogP contribution in [0.3, 0.4) is 0 Å². The topological polar surface area (TPSA) is 192 Å². The van der Waals surface area contributed by atoms with Gasteiger partial charge in [0.15, 0.2) is 0 Å². The second-order valence-corrected chi connectivity index (χ2v) is 15.9. The van der Waals surface area contributed by atoms with Crippen LogP contribution in [0.2, 0.25) is 5.02 Å². The summed E-state index contributed by atoms with van der Waals surface area (Å²) in [6.45, 7) is 7.13. The van der Waals surface area contributed by atoms with Crippen LogP contribution in [0.15, 0.2) is 84.2 Å². The lowest BCUT2D eigenvalue weighted by Gasteiger charge is -2.48. The predicted molar refractivity (Wildman–Crippen MR) is 223 cm³/mol. The lowest BCUT2D eigenvalue weighted by molar-refractivity contribution is -0.132. The summed E-state index contributed by atoms with van der Waals surface area (Å²) in [6, 6.07) is 17.5. The molecule has 310 valence electrons. The number of amides is 3. The highest BCUT2D eigenvalue weighted by molar-refractivity contribution is 6.30. The van der Waals surface area contributed by atoms with Gasteiger partial charge in [-0.3, -0.25) is 20.4 Å². The quantitative estimate of drug-likeness (QED) is 0.0327. The third-order valence-corrected chi connectivity index (χ3v) is 10.6. The maximum absolute atomic E-state index is 14.7. The lowest BCUT2D eigenvalue weighted by Crippen LogP contribution is -2.56. The number of likely N-dealkylation sites (tertiary alicyclic amines) is 2. The molecule has 3 amide bonds. The minimum atomic E-state index is -0.616. The van der Waals surface area contributed by atoms with Crippen LogP contribution in [0.1, 0.15) is 68.9 Å². The maximum atomic E-state index is 14.7. The summed E-state index contributed by atoms with van der Waals surface area (Å²) in [7, 11) is 1.29. The number of alkyl carbamates (subject to hydrolysis) is 1. The Morgan fingerprint density at radius 1 is 1.05 bits per heavy atom. The van der Waals surface area contributed by atoms with Crippen LogP contribution in [0, 0.1) is 16.8 Å². The molecule has 3 atom stereocenters. The highest BCUT2D eigenvalue weighted by Gasteiger charge is 2.43. The van der Waals surface area contributed by atoms with E-state index in [4.69, 9.17) is 37.0 Å². The van der Waals surface area contributed by atoms with E-state index >= 15 is 0 Å². The molecule has 2 aliphatic rings. The fourth-order valence-electron chi connectivity index (χ4n) is 7.61. The largest absolute Gasteiger partial charge is 0.453 e. The number of imidazole rings is 1. The number of ether oxygens (including phenoxy) is 2. The number of carbonyl (C=O) groups is 3. The molecule has 0 saturated carbocycles. The van der Waals surface area contributed by atoms with E-state index < -0.39 is 23.8 Å². The fourth-order valence-corrected chi connectivity index (χ4v) is 7.79. The first kappa shape index (κ1) is 42.5. The fraction of sp³-hybridized carbons (Fsp3) is 0.357. The van der Waals surface area contributed by atoms with Gasteiger partial charge in [0.1, 0.15) is 23.6 Å². The second-order valence-electron chi connectivity index (χ2n) is 15.4. The number of piperidine rings is 2. The monoisotopic (exact) mass is 826 g/mol. The Hall–Kier alpha value is -6.13. The van der Waals surface area contributed by atoms with E-state index in [1.807, 2.05) is 32.9 Å². The molecule has 3 aromatic carbocycles. The van der Waals surface area contributed by atoms with Crippen molar-refractivity contribution in [1.29, 1.82) is 10.9 Å². The van der Waals surface area contributed by atoms with E-state index in [2.05, 4.69) is 25.7 Å². The summed E-state index contributed by atoms with van der Waals surface area (Å²) >= 11 is 6.35. The van der Waals surface area contributed by atoms with Gasteiger partial charge in [0.2, 0.25) is 5.91 Å². The summed E-state index contributed by atoms with van der Waals surface area (Å²) < 4.78 is 24.6. The van der Waals surface area contributed by atoms with Gasteiger partial charge in [0.05, 0.1) is 30.7 Å². The number of nitrogens with one attached hydrogen (secondary N) is 5. The third-order valence-electron chi connectivity index (χ3n) is 10.4. The number of benzene rings is 3. The molecule has 0 spiro atoms. The number of carbonyl (C=O) groups excluding carboxylic acids is 3. The minimum absolute atomic E-state index is 0.0688. The van der Waals surface area contributed by atoms with Crippen LogP contribution in [0.4, 0.5) is 25.4 Å². The number of methoxy groups -OCH3 is 1. The van der Waals surface area contributed by atoms with E-state index in [-0.39, 0.29) is 29.7 Å². The Labute approximate surface area is 346 Å². The van der Waals surface area contributed by atoms with Gasteiger partial charge >= 0.3 is 12.2 Å². The van der Waals surface area contributed by atoms with Crippen molar-refractivity contribution >= 4 is 53.5 Å². The Morgan fingerprint density at radius 2 is 1.76 bits per heavy atom. The number of aromatic amines is 1. The van der Waals surface area contributed by atoms with Crippen molar-refractivity contribution in [3.63, 3.8) is 0 Å². The number of H-pyrrole nitrogens is 1. The average molecular weight is 827 g/mol. The SMILES string of the molecule is COC(=O)Nc1ccc(-c2cnc(C3C(c4ccc(F)cc4)CC(N4CCC(NC(=O)OC(C)(C)C)CC4)CN3C(=O)C=Cc3cc(Cl)ccc3N(C=N)N=N)[nH]2)cc1. The maximum Gasteiger partial charge on any atom is 0.411 e. The van der Waals surface area contributed by atoms with Crippen LogP contribution in [-0.2, 0) is 14.3 Å². The van der Waals surface area contributed by atoms with Crippen molar-refractivity contribution in [3.05, 3.63) is 107 Å². The number of hydrogen-bond acceptors (Lipinski definition) is 10. The molecule has 3 heterocycles. The second kappa shape index (κ2) is 18.6. The number of anilines is 2. The third kappa shape index (κ3) is 10.7. The first-order valence-electron chi connectivity index (χ1n) is 19.2. The number of halogens is 2. The van der Waals surface area contributed by atoms with E-state index in [1.165, 1.54) is 25.3 Å². The molecule has 2 saturated heterocycles. The van der Waals surface area contributed by atoms with Crippen molar-refractivity contribution in [1.82, 2.24) is 25.1 Å². The summed E-state index contributed by atoms with van der Waals surface area (Å²) in [6.07, 6.45) is 6.56. The van der Waals surface area contributed by atoms with Crippen molar-refractivity contribution in [2.45, 2.75) is 69.7 Å². The minimum Gasteiger partial charge on any atom is -0.453 e. The van der Waals surface area contributed by atoms with Crippen LogP contribution in [-0.4, -0.2) is 88.6 Å². The molecule has 6 rings (SSSR count). The molecule has 3 unspecified atom stereocenters. The van der Waals surface area contributed by atoms with Gasteiger partial charge in [-0.25, -0.2) is 24.0 Å². The average Bonchev–Trinajstić information content (AvgIpc) is 3.70. The normalized spacial score (nSPS) is 18.9. The van der Waals surface area contributed by atoms with E-state index in [0.717, 1.165) is 22.5 Å². The van der Waals surface area contributed by atoms with E-state index in [1.54, 1.807) is 59.6 Å². The van der Waals surface area contributed by atoms with E-state index in [0.29, 0.717) is 72.4 Å². The molecule has 0 bridgehead atoms. The molecule has 4 aromatic rings. The van der Waals surface area contributed by atoms with Crippen LogP contribution in [0.5, 0.6) is 0 Å². The van der Waals surface area contributed by atoms with Crippen LogP contribution < -0.4 is 15.6 Å². The number of aromatic nitrogens is 2. The Morgan fingerprint density at radius 3 is 2.41 bits per heavy atom. The first-order valence-corrected chi connectivity index (χ1v) is 19.6. The van der Waals surface area contributed by atoms with Gasteiger partial charge < -0.3 is 24.7 Å². The first-order chi connectivity index (χ1) is 28.2. The molecule has 2 fully saturated rings. The van der Waals surface area contributed by atoms with Gasteiger partial charge in [-0.1, -0.05) is 41.1 Å². The Bertz CT molecular complexity index is 2160. The zero-order chi connectivity index (χ0) is 42.3. The molecular weight excluding hydrogens is 779 g/mol. The number of hydrogen-bond donors (Lipinski definition) is 5.